The summed E-state index contributed by atoms with van der Waals surface area (Å²) < 4.78 is 0. The molecular formula is C20H27P. The van der Waals surface area contributed by atoms with Gasteiger partial charge in [-0.1, -0.05) is 92.8 Å². The van der Waals surface area contributed by atoms with Gasteiger partial charge < -0.3 is 0 Å². The molecule has 1 atom stereocenters. The van der Waals surface area contributed by atoms with Crippen molar-refractivity contribution in [1.82, 2.24) is 0 Å². The Hall–Kier alpha value is -1.13. The maximum absolute atomic E-state index is 2.33. The summed E-state index contributed by atoms with van der Waals surface area (Å²) in [6.07, 6.45) is 8.16. The summed E-state index contributed by atoms with van der Waals surface area (Å²) in [5, 5.41) is 3.05. The average Bonchev–Trinajstić information content (AvgIpc) is 2.53. The van der Waals surface area contributed by atoms with Gasteiger partial charge in [-0.3, -0.25) is 0 Å². The van der Waals surface area contributed by atoms with Gasteiger partial charge in [0.05, 0.1) is 0 Å². The average molecular weight is 298 g/mol. The Kier molecular flexibility index (Phi) is 6.96. The highest BCUT2D eigenvalue weighted by Crippen LogP contribution is 2.34. The zero-order valence-corrected chi connectivity index (χ0v) is 14.3. The van der Waals surface area contributed by atoms with Crippen molar-refractivity contribution >= 4 is 18.5 Å². The summed E-state index contributed by atoms with van der Waals surface area (Å²) in [6.45, 7) is 4.45. The molecule has 2 aromatic rings. The summed E-state index contributed by atoms with van der Waals surface area (Å²) in [4.78, 5) is 0. The molecule has 1 heteroatoms. The summed E-state index contributed by atoms with van der Waals surface area (Å²) in [5.74, 6) is 0. The molecule has 0 aliphatic carbocycles. The van der Waals surface area contributed by atoms with Gasteiger partial charge in [-0.25, -0.2) is 0 Å². The number of unbranched alkanes of at least 4 members (excludes halogenated alkanes) is 4. The molecule has 0 amide bonds. The molecule has 0 aliphatic heterocycles. The van der Waals surface area contributed by atoms with E-state index in [1.807, 2.05) is 0 Å². The topological polar surface area (TPSA) is 0 Å². The van der Waals surface area contributed by atoms with Crippen LogP contribution >= 0.6 is 7.92 Å². The van der Waals surface area contributed by atoms with Gasteiger partial charge in [-0.15, -0.1) is 0 Å². The van der Waals surface area contributed by atoms with E-state index < -0.39 is 0 Å². The molecule has 0 aromatic heterocycles. The van der Waals surface area contributed by atoms with Crippen LogP contribution in [0.15, 0.2) is 54.6 Å². The van der Waals surface area contributed by atoms with Crippen LogP contribution in [-0.2, 0) is 0 Å². The Bertz CT molecular complexity index is 501. The SMILES string of the molecule is CCCCCCCP(c1ccccc1)c1ccc(C)cc1. The molecule has 0 bridgehead atoms. The van der Waals surface area contributed by atoms with E-state index in [2.05, 4.69) is 68.4 Å². The lowest BCUT2D eigenvalue weighted by Crippen LogP contribution is -2.14. The highest BCUT2D eigenvalue weighted by atomic mass is 31.1. The van der Waals surface area contributed by atoms with Gasteiger partial charge in [-0.05, 0) is 38.0 Å². The second-order valence-electron chi connectivity index (χ2n) is 5.74. The van der Waals surface area contributed by atoms with E-state index in [1.165, 1.54) is 54.4 Å². The van der Waals surface area contributed by atoms with Crippen LogP contribution in [0, 0.1) is 6.92 Å². The first-order valence-electron chi connectivity index (χ1n) is 8.20. The third kappa shape index (κ3) is 5.29. The van der Waals surface area contributed by atoms with Gasteiger partial charge in [0.1, 0.15) is 0 Å². The van der Waals surface area contributed by atoms with Crippen molar-refractivity contribution in [2.45, 2.75) is 46.0 Å². The lowest BCUT2D eigenvalue weighted by Gasteiger charge is -2.19. The molecule has 0 nitrogen and oxygen atoms in total. The fourth-order valence-corrected chi connectivity index (χ4v) is 5.01. The number of hydrogen-bond donors (Lipinski definition) is 0. The van der Waals surface area contributed by atoms with Crippen molar-refractivity contribution in [3.63, 3.8) is 0 Å². The predicted molar refractivity (Wildman–Crippen MR) is 97.4 cm³/mol. The van der Waals surface area contributed by atoms with E-state index >= 15 is 0 Å². The van der Waals surface area contributed by atoms with Crippen molar-refractivity contribution in [3.05, 3.63) is 60.2 Å². The van der Waals surface area contributed by atoms with Crippen LogP contribution in [0.2, 0.25) is 0 Å². The van der Waals surface area contributed by atoms with E-state index in [1.54, 1.807) is 0 Å². The Morgan fingerprint density at radius 3 is 2.00 bits per heavy atom. The van der Waals surface area contributed by atoms with Crippen LogP contribution in [0.25, 0.3) is 0 Å². The van der Waals surface area contributed by atoms with E-state index in [-0.39, 0.29) is 7.92 Å². The third-order valence-electron chi connectivity index (χ3n) is 3.90. The Morgan fingerprint density at radius 1 is 0.714 bits per heavy atom. The molecule has 0 fully saturated rings. The third-order valence-corrected chi connectivity index (χ3v) is 6.51. The Balaban J connectivity index is 2.06. The molecule has 0 radical (unpaired) electrons. The highest BCUT2D eigenvalue weighted by molar-refractivity contribution is 7.73. The summed E-state index contributed by atoms with van der Waals surface area (Å²) in [6, 6.07) is 20.3. The molecule has 21 heavy (non-hydrogen) atoms. The fraction of sp³-hybridized carbons (Fsp3) is 0.400. The van der Waals surface area contributed by atoms with E-state index in [0.717, 1.165) is 0 Å². The van der Waals surface area contributed by atoms with Gasteiger partial charge in [0, 0.05) is 0 Å². The van der Waals surface area contributed by atoms with Crippen molar-refractivity contribution in [1.29, 1.82) is 0 Å². The van der Waals surface area contributed by atoms with Crippen LogP contribution in [-0.4, -0.2) is 6.16 Å². The maximum Gasteiger partial charge on any atom is -0.0195 e. The quantitative estimate of drug-likeness (QED) is 0.452. The molecule has 0 aliphatic rings. The van der Waals surface area contributed by atoms with Gasteiger partial charge >= 0.3 is 0 Å². The molecule has 2 rings (SSSR count). The minimum Gasteiger partial charge on any atom is -0.0654 e. The molecule has 0 spiro atoms. The zero-order chi connectivity index (χ0) is 14.9. The van der Waals surface area contributed by atoms with E-state index in [4.69, 9.17) is 0 Å². The smallest absolute Gasteiger partial charge is 0.0195 e. The fourth-order valence-electron chi connectivity index (χ4n) is 2.61. The molecule has 0 saturated heterocycles. The summed E-state index contributed by atoms with van der Waals surface area (Å²) in [5.41, 5.74) is 1.35. The van der Waals surface area contributed by atoms with Crippen LogP contribution in [0.4, 0.5) is 0 Å². The molecule has 0 heterocycles. The van der Waals surface area contributed by atoms with Crippen molar-refractivity contribution in [2.75, 3.05) is 6.16 Å². The van der Waals surface area contributed by atoms with E-state index in [9.17, 15) is 0 Å². The first kappa shape index (κ1) is 16.2. The van der Waals surface area contributed by atoms with Crippen LogP contribution in [0.3, 0.4) is 0 Å². The van der Waals surface area contributed by atoms with Gasteiger partial charge in [0.2, 0.25) is 0 Å². The monoisotopic (exact) mass is 298 g/mol. The summed E-state index contributed by atoms with van der Waals surface area (Å²) in [7, 11) is -0.184. The molecule has 0 N–H and O–H groups in total. The lowest BCUT2D eigenvalue weighted by molar-refractivity contribution is 0.659. The second-order valence-corrected chi connectivity index (χ2v) is 8.07. The first-order chi connectivity index (χ1) is 10.3. The van der Waals surface area contributed by atoms with Gasteiger partial charge in [-0.2, -0.15) is 0 Å². The Labute approximate surface area is 131 Å². The molecular weight excluding hydrogens is 271 g/mol. The number of rotatable bonds is 8. The van der Waals surface area contributed by atoms with Gasteiger partial charge in [0.15, 0.2) is 0 Å². The molecule has 2 aromatic carbocycles. The molecule has 112 valence electrons. The van der Waals surface area contributed by atoms with E-state index in [0.29, 0.717) is 0 Å². The number of aryl methyl sites for hydroxylation is 1. The molecule has 1 unspecified atom stereocenters. The lowest BCUT2D eigenvalue weighted by atomic mass is 10.2. The zero-order valence-electron chi connectivity index (χ0n) is 13.4. The van der Waals surface area contributed by atoms with Crippen LogP contribution in [0.1, 0.15) is 44.6 Å². The van der Waals surface area contributed by atoms with Gasteiger partial charge in [0.25, 0.3) is 0 Å². The molecule has 0 saturated carbocycles. The van der Waals surface area contributed by atoms with Crippen LogP contribution < -0.4 is 10.6 Å². The standard InChI is InChI=1S/C20H27P/c1-3-4-5-6-10-17-21(19-11-8-7-9-12-19)20-15-13-18(2)14-16-20/h7-9,11-16H,3-6,10,17H2,1-2H3. The second kappa shape index (κ2) is 9.00. The summed E-state index contributed by atoms with van der Waals surface area (Å²) >= 11 is 0. The van der Waals surface area contributed by atoms with Crippen molar-refractivity contribution in [3.8, 4) is 0 Å². The predicted octanol–water partition coefficient (Wildman–Crippen LogP) is 5.40. The largest absolute Gasteiger partial charge is 0.0654 e. The first-order valence-corrected chi connectivity index (χ1v) is 9.73. The van der Waals surface area contributed by atoms with Crippen molar-refractivity contribution < 1.29 is 0 Å². The minimum absolute atomic E-state index is 0.184. The number of hydrogen-bond acceptors (Lipinski definition) is 0. The van der Waals surface area contributed by atoms with Crippen LogP contribution in [0.5, 0.6) is 0 Å². The highest BCUT2D eigenvalue weighted by Gasteiger charge is 2.12. The minimum atomic E-state index is -0.184. The van der Waals surface area contributed by atoms with Crippen molar-refractivity contribution in [2.24, 2.45) is 0 Å². The number of benzene rings is 2. The maximum atomic E-state index is 2.33. The normalized spacial score (nSPS) is 12.3. The Morgan fingerprint density at radius 2 is 1.33 bits per heavy atom.